The first kappa shape index (κ1) is 14.8. The summed E-state index contributed by atoms with van der Waals surface area (Å²) in [7, 11) is 1.81. The van der Waals surface area contributed by atoms with E-state index in [4.69, 9.17) is 0 Å². The number of rotatable bonds is 5. The molecule has 0 aliphatic rings. The molecular weight excluding hydrogens is 258 g/mol. The van der Waals surface area contributed by atoms with Crippen LogP contribution in [0, 0.1) is 6.92 Å². The van der Waals surface area contributed by atoms with Gasteiger partial charge in [-0.2, -0.15) is 0 Å². The minimum atomic E-state index is -2.42. The van der Waals surface area contributed by atoms with E-state index in [0.717, 1.165) is 10.7 Å². The minimum Gasteiger partial charge on any atom is -0.357 e. The summed E-state index contributed by atoms with van der Waals surface area (Å²) in [6.45, 7) is 4.55. The highest BCUT2D eigenvalue weighted by Gasteiger charge is 2.09. The van der Waals surface area contributed by atoms with E-state index >= 15 is 0 Å². The number of aromatic nitrogens is 1. The molecule has 0 aliphatic carbocycles. The fraction of sp³-hybridized carbons (Fsp3) is 0.636. The van der Waals surface area contributed by atoms with E-state index < -0.39 is 13.0 Å². The number of aliphatic imine (C=N–C) groups is 1. The standard InChI is InChI=1S/C11H18F2N4S/c1-4-14-11(15-5-10(12)13)17(3)6-9-7-18-8(2)16-9/h7,10H,4-6H2,1-3H3,(H,14,15). The van der Waals surface area contributed by atoms with Crippen LogP contribution in [0.5, 0.6) is 0 Å². The van der Waals surface area contributed by atoms with Crippen molar-refractivity contribution in [3.8, 4) is 0 Å². The van der Waals surface area contributed by atoms with E-state index in [1.54, 1.807) is 16.2 Å². The maximum absolute atomic E-state index is 12.2. The zero-order valence-electron chi connectivity index (χ0n) is 10.8. The van der Waals surface area contributed by atoms with Crippen molar-refractivity contribution in [1.82, 2.24) is 15.2 Å². The van der Waals surface area contributed by atoms with Crippen molar-refractivity contribution >= 4 is 17.3 Å². The van der Waals surface area contributed by atoms with Crippen LogP contribution in [0.1, 0.15) is 17.6 Å². The fourth-order valence-corrected chi connectivity index (χ4v) is 2.03. The average Bonchev–Trinajstić information content (AvgIpc) is 2.69. The second-order valence-corrected chi connectivity index (χ2v) is 4.86. The predicted molar refractivity (Wildman–Crippen MR) is 70.3 cm³/mol. The second kappa shape index (κ2) is 7.25. The van der Waals surface area contributed by atoms with Crippen LogP contribution >= 0.6 is 11.3 Å². The number of nitrogens with one attached hydrogen (secondary N) is 1. The number of thiazole rings is 1. The van der Waals surface area contributed by atoms with Crippen molar-refractivity contribution in [2.75, 3.05) is 20.1 Å². The molecule has 0 saturated carbocycles. The lowest BCUT2D eigenvalue weighted by Crippen LogP contribution is -2.38. The Balaban J connectivity index is 2.64. The third-order valence-corrected chi connectivity index (χ3v) is 2.96. The van der Waals surface area contributed by atoms with E-state index in [9.17, 15) is 8.78 Å². The van der Waals surface area contributed by atoms with Gasteiger partial charge in [0.25, 0.3) is 6.43 Å². The van der Waals surface area contributed by atoms with E-state index in [1.165, 1.54) is 0 Å². The topological polar surface area (TPSA) is 40.5 Å². The molecule has 1 heterocycles. The quantitative estimate of drug-likeness (QED) is 0.661. The smallest absolute Gasteiger partial charge is 0.257 e. The van der Waals surface area contributed by atoms with Gasteiger partial charge >= 0.3 is 0 Å². The van der Waals surface area contributed by atoms with Crippen LogP contribution in [0.15, 0.2) is 10.4 Å². The molecule has 0 spiro atoms. The highest BCUT2D eigenvalue weighted by Crippen LogP contribution is 2.09. The van der Waals surface area contributed by atoms with Gasteiger partial charge in [0, 0.05) is 19.0 Å². The van der Waals surface area contributed by atoms with Gasteiger partial charge < -0.3 is 10.2 Å². The minimum absolute atomic E-state index is 0.475. The lowest BCUT2D eigenvalue weighted by Gasteiger charge is -2.21. The van der Waals surface area contributed by atoms with Gasteiger partial charge in [0.05, 0.1) is 17.2 Å². The zero-order chi connectivity index (χ0) is 13.5. The molecule has 0 aromatic carbocycles. The monoisotopic (exact) mass is 276 g/mol. The first-order valence-electron chi connectivity index (χ1n) is 5.71. The Morgan fingerprint density at radius 3 is 2.83 bits per heavy atom. The van der Waals surface area contributed by atoms with Crippen LogP contribution in [-0.4, -0.2) is 42.4 Å². The Bertz CT molecular complexity index is 392. The van der Waals surface area contributed by atoms with Gasteiger partial charge in [0.2, 0.25) is 0 Å². The highest BCUT2D eigenvalue weighted by atomic mass is 32.1. The molecule has 0 fully saturated rings. The Kier molecular flexibility index (Phi) is 5.97. The number of halogens is 2. The van der Waals surface area contributed by atoms with Gasteiger partial charge in [-0.05, 0) is 13.8 Å². The van der Waals surface area contributed by atoms with Crippen LogP contribution in [0.2, 0.25) is 0 Å². The third kappa shape index (κ3) is 4.95. The molecule has 0 aliphatic heterocycles. The average molecular weight is 276 g/mol. The lowest BCUT2D eigenvalue weighted by atomic mass is 10.4. The third-order valence-electron chi connectivity index (χ3n) is 2.14. The van der Waals surface area contributed by atoms with E-state index in [2.05, 4.69) is 15.3 Å². The second-order valence-electron chi connectivity index (χ2n) is 3.80. The molecule has 1 aromatic heterocycles. The summed E-state index contributed by atoms with van der Waals surface area (Å²) < 4.78 is 24.3. The Hall–Kier alpha value is -1.24. The lowest BCUT2D eigenvalue weighted by molar-refractivity contribution is 0.158. The maximum Gasteiger partial charge on any atom is 0.257 e. The Labute approximate surface area is 110 Å². The normalized spacial score (nSPS) is 12.0. The van der Waals surface area contributed by atoms with Crippen LogP contribution < -0.4 is 5.32 Å². The fourth-order valence-electron chi connectivity index (χ4n) is 1.42. The molecule has 102 valence electrons. The summed E-state index contributed by atoms with van der Waals surface area (Å²) in [5.74, 6) is 0.475. The summed E-state index contributed by atoms with van der Waals surface area (Å²) >= 11 is 1.57. The van der Waals surface area contributed by atoms with Crippen LogP contribution in [-0.2, 0) is 6.54 Å². The van der Waals surface area contributed by atoms with Gasteiger partial charge in [-0.1, -0.05) is 0 Å². The Morgan fingerprint density at radius 2 is 2.33 bits per heavy atom. The summed E-state index contributed by atoms with van der Waals surface area (Å²) in [5, 5.41) is 5.94. The van der Waals surface area contributed by atoms with Gasteiger partial charge in [-0.15, -0.1) is 11.3 Å². The molecule has 4 nitrogen and oxygen atoms in total. The maximum atomic E-state index is 12.2. The van der Waals surface area contributed by atoms with E-state index in [0.29, 0.717) is 19.0 Å². The van der Waals surface area contributed by atoms with Crippen LogP contribution in [0.25, 0.3) is 0 Å². The number of hydrogen-bond acceptors (Lipinski definition) is 3. The molecule has 0 amide bonds. The van der Waals surface area contributed by atoms with Crippen molar-refractivity contribution in [1.29, 1.82) is 0 Å². The number of hydrogen-bond donors (Lipinski definition) is 1. The molecule has 7 heteroatoms. The zero-order valence-corrected chi connectivity index (χ0v) is 11.6. The van der Waals surface area contributed by atoms with Crippen molar-refractivity contribution in [3.63, 3.8) is 0 Å². The van der Waals surface area contributed by atoms with Crippen molar-refractivity contribution < 1.29 is 8.78 Å². The van der Waals surface area contributed by atoms with E-state index in [-0.39, 0.29) is 0 Å². The molecule has 1 rings (SSSR count). The van der Waals surface area contributed by atoms with Gasteiger partial charge in [0.1, 0.15) is 6.54 Å². The molecule has 0 radical (unpaired) electrons. The van der Waals surface area contributed by atoms with Gasteiger partial charge in [0.15, 0.2) is 5.96 Å². The number of guanidine groups is 1. The number of alkyl halides is 2. The predicted octanol–water partition coefficient (Wildman–Crippen LogP) is 2.11. The van der Waals surface area contributed by atoms with Crippen molar-refractivity contribution in [2.45, 2.75) is 26.8 Å². The molecule has 0 unspecified atom stereocenters. The summed E-state index contributed by atoms with van der Waals surface area (Å²) in [6, 6.07) is 0. The number of nitrogens with zero attached hydrogens (tertiary/aromatic N) is 3. The largest absolute Gasteiger partial charge is 0.357 e. The molecule has 0 atom stereocenters. The molecule has 0 saturated heterocycles. The summed E-state index contributed by atoms with van der Waals surface area (Å²) in [5.41, 5.74) is 0.919. The first-order chi connectivity index (χ1) is 8.52. The molecule has 18 heavy (non-hydrogen) atoms. The van der Waals surface area contributed by atoms with Crippen molar-refractivity contribution in [3.05, 3.63) is 16.1 Å². The summed E-state index contributed by atoms with van der Waals surface area (Å²) in [6.07, 6.45) is -2.42. The van der Waals surface area contributed by atoms with Crippen LogP contribution in [0.3, 0.4) is 0 Å². The molecule has 1 N–H and O–H groups in total. The summed E-state index contributed by atoms with van der Waals surface area (Å²) in [4.78, 5) is 10.00. The number of aryl methyl sites for hydroxylation is 1. The first-order valence-corrected chi connectivity index (χ1v) is 6.59. The van der Waals surface area contributed by atoms with Crippen LogP contribution in [0.4, 0.5) is 8.78 Å². The van der Waals surface area contributed by atoms with E-state index in [1.807, 2.05) is 26.3 Å². The highest BCUT2D eigenvalue weighted by molar-refractivity contribution is 7.09. The molecule has 0 bridgehead atoms. The van der Waals surface area contributed by atoms with Gasteiger partial charge in [-0.3, -0.25) is 0 Å². The Morgan fingerprint density at radius 1 is 1.61 bits per heavy atom. The SMILES string of the molecule is CCNC(=NCC(F)F)N(C)Cc1csc(C)n1. The van der Waals surface area contributed by atoms with Crippen molar-refractivity contribution in [2.24, 2.45) is 4.99 Å². The van der Waals surface area contributed by atoms with Gasteiger partial charge in [-0.25, -0.2) is 18.8 Å². The molecular formula is C11H18F2N4S. The molecule has 1 aromatic rings.